The van der Waals surface area contributed by atoms with E-state index in [9.17, 15) is 14.7 Å². The summed E-state index contributed by atoms with van der Waals surface area (Å²) in [5.74, 6) is 0.643. The van der Waals surface area contributed by atoms with Crippen LogP contribution in [0.3, 0.4) is 0 Å². The van der Waals surface area contributed by atoms with Crippen LogP contribution in [0.4, 0.5) is 17.2 Å². The predicted molar refractivity (Wildman–Crippen MR) is 137 cm³/mol. The van der Waals surface area contributed by atoms with Crippen LogP contribution in [0, 0.1) is 5.92 Å². The first kappa shape index (κ1) is 24.3. The van der Waals surface area contributed by atoms with E-state index in [1.165, 1.54) is 13.3 Å². The van der Waals surface area contributed by atoms with Gasteiger partial charge in [-0.1, -0.05) is 11.2 Å². The highest BCUT2D eigenvalue weighted by Gasteiger charge is 2.30. The Kier molecular flexibility index (Phi) is 6.83. The molecule has 1 fully saturated rings. The van der Waals surface area contributed by atoms with Gasteiger partial charge in [-0.15, -0.1) is 0 Å². The van der Waals surface area contributed by atoms with Crippen molar-refractivity contribution in [3.05, 3.63) is 41.9 Å². The topological polar surface area (TPSA) is 151 Å². The minimum Gasteiger partial charge on any atom is -0.494 e. The molecule has 14 heteroatoms. The van der Waals surface area contributed by atoms with Crippen molar-refractivity contribution in [1.29, 1.82) is 0 Å². The van der Waals surface area contributed by atoms with E-state index in [1.54, 1.807) is 24.3 Å². The minimum atomic E-state index is -0.464. The number of ether oxygens (including phenoxy) is 1. The smallest absolute Gasteiger partial charge is 0.253 e. The van der Waals surface area contributed by atoms with Gasteiger partial charge in [-0.05, 0) is 30.2 Å². The molecular weight excluding hydrogens is 449 g/mol. The number of rotatable bonds is 9. The van der Waals surface area contributed by atoms with E-state index in [1.807, 2.05) is 23.5 Å². The van der Waals surface area contributed by atoms with E-state index in [0.717, 1.165) is 12.8 Å². The summed E-state index contributed by atoms with van der Waals surface area (Å²) in [5, 5.41) is 21.7. The molecule has 35 heavy (non-hydrogen) atoms. The van der Waals surface area contributed by atoms with Crippen molar-refractivity contribution in [3.63, 3.8) is 0 Å². The van der Waals surface area contributed by atoms with Gasteiger partial charge >= 0.3 is 0 Å². The number of hydrogen-bond acceptors (Lipinski definition) is 9. The fourth-order valence-corrected chi connectivity index (χ4v) is 3.39. The predicted octanol–water partition coefficient (Wildman–Crippen LogP) is -1.04. The lowest BCUT2D eigenvalue weighted by atomic mass is 9.49. The van der Waals surface area contributed by atoms with Crippen LogP contribution in [-0.4, -0.2) is 67.9 Å². The molecule has 4 rings (SSSR count). The van der Waals surface area contributed by atoms with Crippen LogP contribution in [0.25, 0.3) is 11.4 Å². The van der Waals surface area contributed by atoms with E-state index >= 15 is 0 Å². The highest BCUT2D eigenvalue weighted by Crippen LogP contribution is 2.38. The number of para-hydroxylation sites is 1. The average Bonchev–Trinajstić information content (AvgIpc) is 3.55. The number of carbonyl (C=O) groups excluding carboxylic acids is 2. The summed E-state index contributed by atoms with van der Waals surface area (Å²) in [6.07, 6.45) is 3.15. The van der Waals surface area contributed by atoms with Crippen LogP contribution < -0.4 is 20.7 Å². The molecule has 1 aliphatic rings. The number of aromatic nitrogens is 3. The van der Waals surface area contributed by atoms with Crippen molar-refractivity contribution in [2.75, 3.05) is 17.7 Å². The monoisotopic (exact) mass is 474 g/mol. The first-order valence-electron chi connectivity index (χ1n) is 11.2. The van der Waals surface area contributed by atoms with Gasteiger partial charge in [0.15, 0.2) is 5.75 Å². The van der Waals surface area contributed by atoms with Gasteiger partial charge in [0.2, 0.25) is 11.7 Å². The molecule has 3 aromatic rings. The number of nitrogens with one attached hydrogen (secondary N) is 3. The lowest BCUT2D eigenvalue weighted by Crippen LogP contribution is -2.50. The first-order chi connectivity index (χ1) is 16.7. The number of nitrogens with zero attached hydrogens (tertiary/aromatic N) is 3. The lowest BCUT2D eigenvalue weighted by Gasteiger charge is -2.22. The summed E-state index contributed by atoms with van der Waals surface area (Å²) in [5.41, 5.74) is 1.76. The molecule has 0 bridgehead atoms. The molecule has 2 aromatic heterocycles. The Morgan fingerprint density at radius 2 is 2.03 bits per heavy atom. The molecule has 178 valence electrons. The van der Waals surface area contributed by atoms with Gasteiger partial charge in [0.05, 0.1) is 29.6 Å². The average molecular weight is 474 g/mol. The van der Waals surface area contributed by atoms with Gasteiger partial charge in [-0.25, -0.2) is 4.98 Å². The van der Waals surface area contributed by atoms with Crippen molar-refractivity contribution in [1.82, 2.24) is 20.4 Å². The Hall–Kier alpha value is -3.80. The normalized spacial score (nSPS) is 13.2. The van der Waals surface area contributed by atoms with E-state index < -0.39 is 5.24 Å². The molecule has 11 nitrogen and oxygen atoms in total. The SMILES string of the molecule is BC(B)(B)NC(=O)c1cnc(NC(=O)C2CC2)cc1Nc1cccc(-c2noc(CO)n2)c1OC. The molecule has 0 radical (unpaired) electrons. The number of amides is 2. The fourth-order valence-electron chi connectivity index (χ4n) is 3.39. The van der Waals surface area contributed by atoms with E-state index in [4.69, 9.17) is 9.26 Å². The zero-order chi connectivity index (χ0) is 25.2. The molecule has 2 amide bonds. The fraction of sp³-hybridized carbons (Fsp3) is 0.286. The number of hydrogen-bond donors (Lipinski definition) is 4. The second-order valence-electron chi connectivity index (χ2n) is 9.26. The van der Waals surface area contributed by atoms with Crippen molar-refractivity contribution >= 4 is 52.5 Å². The molecule has 1 aliphatic carbocycles. The number of pyridine rings is 1. The zero-order valence-electron chi connectivity index (χ0n) is 20.0. The zero-order valence-corrected chi connectivity index (χ0v) is 20.0. The third-order valence-electron chi connectivity index (χ3n) is 5.17. The van der Waals surface area contributed by atoms with Gasteiger partial charge in [0, 0.05) is 18.2 Å². The Labute approximate surface area is 204 Å². The Bertz CT molecular complexity index is 1260. The molecule has 0 atom stereocenters. The quantitative estimate of drug-likeness (QED) is 0.286. The van der Waals surface area contributed by atoms with Crippen LogP contribution in [-0.2, 0) is 11.4 Å². The lowest BCUT2D eigenvalue weighted by molar-refractivity contribution is -0.117. The van der Waals surface area contributed by atoms with E-state index in [0.29, 0.717) is 34.1 Å². The second kappa shape index (κ2) is 9.83. The maximum atomic E-state index is 13.0. The van der Waals surface area contributed by atoms with Crippen molar-refractivity contribution in [2.24, 2.45) is 5.92 Å². The molecule has 0 saturated heterocycles. The molecule has 1 aromatic carbocycles. The molecule has 0 unspecified atom stereocenters. The molecule has 1 saturated carbocycles. The first-order valence-corrected chi connectivity index (χ1v) is 11.2. The van der Waals surface area contributed by atoms with Gasteiger partial charge < -0.3 is 30.3 Å². The molecular formula is C21H25B3N6O5. The third-order valence-corrected chi connectivity index (χ3v) is 5.17. The van der Waals surface area contributed by atoms with Crippen LogP contribution in [0.15, 0.2) is 35.0 Å². The van der Waals surface area contributed by atoms with Gasteiger partial charge in [0.25, 0.3) is 11.8 Å². The number of methoxy groups -OCH3 is 1. The molecule has 2 heterocycles. The third kappa shape index (κ3) is 5.83. The van der Waals surface area contributed by atoms with E-state index in [2.05, 4.69) is 31.1 Å². The van der Waals surface area contributed by atoms with Crippen molar-refractivity contribution in [3.8, 4) is 17.1 Å². The maximum Gasteiger partial charge on any atom is 0.253 e. The van der Waals surface area contributed by atoms with Gasteiger partial charge in [-0.3, -0.25) is 9.59 Å². The molecule has 0 aliphatic heterocycles. The van der Waals surface area contributed by atoms with Crippen LogP contribution in [0.5, 0.6) is 5.75 Å². The molecule has 4 N–H and O–H groups in total. The second-order valence-corrected chi connectivity index (χ2v) is 9.26. The maximum absolute atomic E-state index is 13.0. The summed E-state index contributed by atoms with van der Waals surface area (Å²) >= 11 is 0. The number of benzene rings is 1. The summed E-state index contributed by atoms with van der Waals surface area (Å²) in [4.78, 5) is 33.7. The number of carbonyl (C=O) groups is 2. The number of aliphatic hydroxyl groups excluding tert-OH is 1. The van der Waals surface area contributed by atoms with Gasteiger partial charge in [0.1, 0.15) is 36.0 Å². The largest absolute Gasteiger partial charge is 0.494 e. The Morgan fingerprint density at radius 3 is 2.66 bits per heavy atom. The highest BCUT2D eigenvalue weighted by atomic mass is 16.5. The van der Waals surface area contributed by atoms with E-state index in [-0.39, 0.29) is 36.1 Å². The summed E-state index contributed by atoms with van der Waals surface area (Å²) in [6.45, 7) is -0.383. The van der Waals surface area contributed by atoms with Gasteiger partial charge in [-0.2, -0.15) is 4.98 Å². The number of anilines is 3. The summed E-state index contributed by atoms with van der Waals surface area (Å²) in [7, 11) is 7.15. The highest BCUT2D eigenvalue weighted by molar-refractivity contribution is 6.60. The summed E-state index contributed by atoms with van der Waals surface area (Å²) in [6, 6.07) is 6.89. The van der Waals surface area contributed by atoms with Crippen LogP contribution >= 0.6 is 0 Å². The Balaban J connectivity index is 1.72. The summed E-state index contributed by atoms with van der Waals surface area (Å²) < 4.78 is 10.6. The minimum absolute atomic E-state index is 0.00706. The standard InChI is InChI=1S/C21H25B3N6O5/c1-34-17-11(18-28-16(9-31)35-30-18)3-2-4-13(17)26-14-7-15(27-19(32)10-5-6-10)25-8-12(14)20(33)29-21(22,23)24/h2-4,7-8,10,31H,5-6,9,22-24H2,1H3,(H,29,33)(H2,25,26,27,32). The Morgan fingerprint density at radius 1 is 1.26 bits per heavy atom. The van der Waals surface area contributed by atoms with Crippen LogP contribution in [0.2, 0.25) is 0 Å². The number of aliphatic hydroxyl groups is 1. The van der Waals surface area contributed by atoms with Crippen molar-refractivity contribution < 1.29 is 24.0 Å². The van der Waals surface area contributed by atoms with Crippen LogP contribution in [0.1, 0.15) is 29.1 Å². The van der Waals surface area contributed by atoms with Crippen molar-refractivity contribution in [2.45, 2.75) is 24.7 Å². The molecule has 0 spiro atoms.